The highest BCUT2D eigenvalue weighted by atomic mass is 35.5. The summed E-state index contributed by atoms with van der Waals surface area (Å²) >= 11 is 7.41. The first-order valence-electron chi connectivity index (χ1n) is 8.43. The predicted octanol–water partition coefficient (Wildman–Crippen LogP) is 5.73. The van der Waals surface area contributed by atoms with Crippen molar-refractivity contribution in [1.29, 1.82) is 5.26 Å². The number of rotatable bonds is 7. The molecule has 0 unspecified atom stereocenters. The molecule has 2 aromatic carbocycles. The molecule has 0 spiro atoms. The van der Waals surface area contributed by atoms with Crippen LogP contribution in [0.15, 0.2) is 64.5 Å². The van der Waals surface area contributed by atoms with Gasteiger partial charge in [-0.05, 0) is 42.8 Å². The van der Waals surface area contributed by atoms with Gasteiger partial charge in [0.2, 0.25) is 0 Å². The minimum Gasteiger partial charge on any atom is -0.361 e. The third kappa shape index (κ3) is 4.37. The molecular formula is C20H16ClN3O3S. The fraction of sp³-hybridized carbons (Fsp3) is 0.150. The van der Waals surface area contributed by atoms with Crippen LogP contribution in [0, 0.1) is 21.4 Å². The van der Waals surface area contributed by atoms with Crippen molar-refractivity contribution in [2.45, 2.75) is 23.6 Å². The summed E-state index contributed by atoms with van der Waals surface area (Å²) in [5, 5.41) is 21.9. The minimum absolute atomic E-state index is 0.0358. The quantitative estimate of drug-likeness (QED) is 0.364. The maximum Gasteiger partial charge on any atom is 0.269 e. The van der Waals surface area contributed by atoms with E-state index in [2.05, 4.69) is 6.07 Å². The average molecular weight is 414 g/mol. The molecule has 8 heteroatoms. The Bertz CT molecular complexity index is 1020. The van der Waals surface area contributed by atoms with E-state index in [9.17, 15) is 15.4 Å². The van der Waals surface area contributed by atoms with Gasteiger partial charge in [0.15, 0.2) is 0 Å². The lowest BCUT2D eigenvalue weighted by molar-refractivity contribution is -0.384. The van der Waals surface area contributed by atoms with E-state index in [-0.39, 0.29) is 12.4 Å². The first-order chi connectivity index (χ1) is 13.5. The van der Waals surface area contributed by atoms with Crippen molar-refractivity contribution in [2.75, 3.05) is 6.61 Å². The summed E-state index contributed by atoms with van der Waals surface area (Å²) in [5.74, 6) is 0. The number of hydrogen-bond donors (Lipinski definition) is 0. The van der Waals surface area contributed by atoms with Crippen molar-refractivity contribution >= 4 is 29.1 Å². The molecule has 0 saturated carbocycles. The zero-order chi connectivity index (χ0) is 20.1. The van der Waals surface area contributed by atoms with Crippen LogP contribution in [0.1, 0.15) is 12.5 Å². The van der Waals surface area contributed by atoms with Gasteiger partial charge in [0.25, 0.3) is 5.69 Å². The van der Waals surface area contributed by atoms with E-state index in [1.807, 2.05) is 23.6 Å². The summed E-state index contributed by atoms with van der Waals surface area (Å²) in [7, 11) is 0. The first-order valence-corrected chi connectivity index (χ1v) is 9.62. The molecule has 3 rings (SSSR count). The van der Waals surface area contributed by atoms with Gasteiger partial charge in [-0.25, -0.2) is 0 Å². The summed E-state index contributed by atoms with van der Waals surface area (Å²) in [6.45, 7) is 2.72. The van der Waals surface area contributed by atoms with Crippen molar-refractivity contribution in [3.63, 3.8) is 0 Å². The number of nitro benzene ring substituents is 1. The van der Waals surface area contributed by atoms with Crippen LogP contribution in [0.2, 0.25) is 5.02 Å². The van der Waals surface area contributed by atoms with Crippen molar-refractivity contribution < 1.29 is 9.66 Å². The Kier molecular flexibility index (Phi) is 6.37. The molecule has 142 valence electrons. The molecule has 0 aliphatic heterocycles. The number of halogens is 1. The second kappa shape index (κ2) is 8.93. The zero-order valence-electron chi connectivity index (χ0n) is 15.0. The maximum atomic E-state index is 10.8. The Morgan fingerprint density at radius 2 is 1.89 bits per heavy atom. The first kappa shape index (κ1) is 20.0. The summed E-state index contributed by atoms with van der Waals surface area (Å²) in [6, 6.07) is 17.6. The van der Waals surface area contributed by atoms with Gasteiger partial charge in [-0.2, -0.15) is 5.26 Å². The molecule has 0 aliphatic carbocycles. The van der Waals surface area contributed by atoms with Crippen LogP contribution in [-0.4, -0.2) is 16.1 Å². The fourth-order valence-corrected chi connectivity index (χ4v) is 3.75. The molecular weight excluding hydrogens is 398 g/mol. The molecule has 0 radical (unpaired) electrons. The number of nitro groups is 1. The lowest BCUT2D eigenvalue weighted by Crippen LogP contribution is -2.05. The molecule has 0 amide bonds. The monoisotopic (exact) mass is 413 g/mol. The average Bonchev–Trinajstić information content (AvgIpc) is 3.04. The second-order valence-corrected chi connectivity index (χ2v) is 7.30. The molecule has 0 aliphatic rings. The summed E-state index contributed by atoms with van der Waals surface area (Å²) < 4.78 is 7.55. The third-order valence-corrected chi connectivity index (χ3v) is 5.30. The van der Waals surface area contributed by atoms with Gasteiger partial charge in [0.1, 0.15) is 12.8 Å². The molecule has 28 heavy (non-hydrogen) atoms. The highest BCUT2D eigenvalue weighted by Gasteiger charge is 2.18. The normalized spacial score (nSPS) is 10.6. The van der Waals surface area contributed by atoms with Gasteiger partial charge in [-0.3, -0.25) is 10.1 Å². The van der Waals surface area contributed by atoms with Crippen LogP contribution in [0.4, 0.5) is 5.69 Å². The largest absolute Gasteiger partial charge is 0.361 e. The Balaban J connectivity index is 2.03. The van der Waals surface area contributed by atoms with Gasteiger partial charge in [-0.1, -0.05) is 35.5 Å². The van der Waals surface area contributed by atoms with Crippen LogP contribution in [-0.2, 0) is 11.5 Å². The highest BCUT2D eigenvalue weighted by Crippen LogP contribution is 2.36. The van der Waals surface area contributed by atoms with E-state index in [0.717, 1.165) is 21.2 Å². The molecule has 0 atom stereocenters. The summed E-state index contributed by atoms with van der Waals surface area (Å²) in [5.41, 5.74) is 2.16. The molecule has 0 bridgehead atoms. The number of nitrogens with zero attached hydrogens (tertiary/aromatic N) is 3. The zero-order valence-corrected chi connectivity index (χ0v) is 16.5. The van der Waals surface area contributed by atoms with Gasteiger partial charge in [-0.15, -0.1) is 0 Å². The molecule has 3 aromatic rings. The van der Waals surface area contributed by atoms with Gasteiger partial charge < -0.3 is 9.30 Å². The van der Waals surface area contributed by atoms with Crippen LogP contribution >= 0.6 is 23.4 Å². The van der Waals surface area contributed by atoms with Crippen molar-refractivity contribution in [2.24, 2.45) is 0 Å². The van der Waals surface area contributed by atoms with Crippen molar-refractivity contribution in [3.8, 4) is 17.3 Å². The molecule has 1 aromatic heterocycles. The Morgan fingerprint density at radius 1 is 1.21 bits per heavy atom. The van der Waals surface area contributed by atoms with Crippen LogP contribution < -0.4 is 0 Å². The summed E-state index contributed by atoms with van der Waals surface area (Å²) in [6.07, 6.45) is 0. The molecule has 0 N–H and O–H groups in total. The Hall–Kier alpha value is -2.79. The SMILES string of the molecule is CCOCn1c(Sc2ccc([N+](=O)[O-])cc2)cc(C#N)c1-c1ccc(Cl)cc1. The van der Waals surface area contributed by atoms with E-state index in [0.29, 0.717) is 17.2 Å². The number of non-ortho nitro benzene ring substituents is 1. The van der Waals surface area contributed by atoms with E-state index in [4.69, 9.17) is 16.3 Å². The van der Waals surface area contributed by atoms with E-state index in [1.54, 1.807) is 30.3 Å². The highest BCUT2D eigenvalue weighted by molar-refractivity contribution is 7.99. The number of ether oxygens (including phenoxy) is 1. The maximum absolute atomic E-state index is 10.8. The third-order valence-electron chi connectivity index (χ3n) is 3.99. The van der Waals surface area contributed by atoms with Crippen molar-refractivity contribution in [1.82, 2.24) is 4.57 Å². The number of hydrogen-bond acceptors (Lipinski definition) is 5. The van der Waals surface area contributed by atoms with Crippen molar-refractivity contribution in [3.05, 3.63) is 75.3 Å². The van der Waals surface area contributed by atoms with E-state index in [1.165, 1.54) is 23.9 Å². The topological polar surface area (TPSA) is 81.1 Å². The number of nitriles is 1. The lowest BCUT2D eigenvalue weighted by Gasteiger charge is -2.13. The molecule has 1 heterocycles. The fourth-order valence-electron chi connectivity index (χ4n) is 2.68. The molecule has 0 saturated heterocycles. The molecule has 0 fully saturated rings. The Morgan fingerprint density at radius 3 is 2.46 bits per heavy atom. The molecule has 6 nitrogen and oxygen atoms in total. The van der Waals surface area contributed by atoms with E-state index < -0.39 is 4.92 Å². The van der Waals surface area contributed by atoms with Crippen LogP contribution in [0.3, 0.4) is 0 Å². The van der Waals surface area contributed by atoms with E-state index >= 15 is 0 Å². The summed E-state index contributed by atoms with van der Waals surface area (Å²) in [4.78, 5) is 11.2. The van der Waals surface area contributed by atoms with Gasteiger partial charge in [0, 0.05) is 28.7 Å². The van der Waals surface area contributed by atoms with Gasteiger partial charge in [0.05, 0.1) is 21.2 Å². The van der Waals surface area contributed by atoms with Gasteiger partial charge >= 0.3 is 0 Å². The second-order valence-electron chi connectivity index (χ2n) is 5.77. The van der Waals surface area contributed by atoms with Crippen LogP contribution in [0.5, 0.6) is 0 Å². The standard InChI is InChI=1S/C20H16ClN3O3S/c1-2-27-13-23-19(28-18-9-7-17(8-10-18)24(25)26)11-15(12-22)20(23)14-3-5-16(21)6-4-14/h3-11H,2,13H2,1H3. The lowest BCUT2D eigenvalue weighted by atomic mass is 10.1. The van der Waals surface area contributed by atoms with Crippen LogP contribution in [0.25, 0.3) is 11.3 Å². The minimum atomic E-state index is -0.432. The number of benzene rings is 2. The number of aromatic nitrogens is 1. The smallest absolute Gasteiger partial charge is 0.269 e. The Labute approximate surface area is 171 Å². The predicted molar refractivity (Wildman–Crippen MR) is 108 cm³/mol.